The van der Waals surface area contributed by atoms with Gasteiger partial charge in [0, 0.05) is 25.4 Å². The average molecular weight is 476 g/mol. The Balaban J connectivity index is 1.43. The second-order valence-electron chi connectivity index (χ2n) is 7.99. The van der Waals surface area contributed by atoms with Gasteiger partial charge in [0.15, 0.2) is 6.61 Å². The summed E-state index contributed by atoms with van der Waals surface area (Å²) in [6.07, 6.45) is 2.06. The summed E-state index contributed by atoms with van der Waals surface area (Å²) < 4.78 is 17.0. The van der Waals surface area contributed by atoms with E-state index in [1.165, 1.54) is 0 Å². The molecule has 1 N–H and O–H groups in total. The number of rotatable bonds is 11. The fourth-order valence-corrected chi connectivity index (χ4v) is 3.86. The molecule has 182 valence electrons. The van der Waals surface area contributed by atoms with Crippen molar-refractivity contribution in [3.05, 3.63) is 78.5 Å². The summed E-state index contributed by atoms with van der Waals surface area (Å²) in [6.45, 7) is 3.29. The number of hydrogen-bond donors (Lipinski definition) is 1. The van der Waals surface area contributed by atoms with Crippen molar-refractivity contribution >= 4 is 23.4 Å². The Morgan fingerprint density at radius 1 is 1.14 bits per heavy atom. The maximum atomic E-state index is 12.5. The van der Waals surface area contributed by atoms with Crippen molar-refractivity contribution in [2.75, 3.05) is 36.5 Å². The minimum Gasteiger partial charge on any atom is -0.485 e. The number of nitrogens with one attached hydrogen (secondary N) is 1. The van der Waals surface area contributed by atoms with Crippen LogP contribution in [0.3, 0.4) is 0 Å². The lowest BCUT2D eigenvalue weighted by molar-refractivity contribution is -0.145. The van der Waals surface area contributed by atoms with Crippen LogP contribution < -0.4 is 19.7 Å². The largest absolute Gasteiger partial charge is 0.485 e. The molecule has 0 saturated carbocycles. The molecule has 2 aromatic carbocycles. The topological polar surface area (TPSA) is 90.0 Å². The molecule has 0 bridgehead atoms. The molecule has 0 radical (unpaired) electrons. The van der Waals surface area contributed by atoms with Crippen LogP contribution in [0.5, 0.6) is 11.5 Å². The van der Waals surface area contributed by atoms with E-state index in [0.717, 1.165) is 17.8 Å². The zero-order valence-electron chi connectivity index (χ0n) is 19.7. The van der Waals surface area contributed by atoms with Crippen LogP contribution in [-0.2, 0) is 14.3 Å². The van der Waals surface area contributed by atoms with Gasteiger partial charge in [-0.2, -0.15) is 0 Å². The first kappa shape index (κ1) is 24.1. The Morgan fingerprint density at radius 2 is 1.97 bits per heavy atom. The van der Waals surface area contributed by atoms with Gasteiger partial charge in [0.05, 0.1) is 18.7 Å². The zero-order chi connectivity index (χ0) is 24.5. The molecular formula is C27H29N3O5. The average Bonchev–Trinajstić information content (AvgIpc) is 2.88. The van der Waals surface area contributed by atoms with E-state index >= 15 is 0 Å². The van der Waals surface area contributed by atoms with Crippen molar-refractivity contribution in [1.29, 1.82) is 0 Å². The Bertz CT molecular complexity index is 1120. The lowest BCUT2D eigenvalue weighted by Crippen LogP contribution is -2.39. The number of nitrogens with zero attached hydrogens (tertiary/aromatic N) is 2. The number of anilines is 2. The van der Waals surface area contributed by atoms with Gasteiger partial charge in [-0.3, -0.25) is 9.59 Å². The fourth-order valence-electron chi connectivity index (χ4n) is 3.86. The molecule has 1 unspecified atom stereocenters. The normalized spacial score (nSPS) is 13.4. The Kier molecular flexibility index (Phi) is 8.17. The minimum absolute atomic E-state index is 0.0327. The van der Waals surface area contributed by atoms with Crippen molar-refractivity contribution in [3.63, 3.8) is 0 Å². The highest BCUT2D eigenvalue weighted by atomic mass is 16.5. The molecule has 1 aliphatic heterocycles. The van der Waals surface area contributed by atoms with Crippen LogP contribution >= 0.6 is 0 Å². The third-order valence-corrected chi connectivity index (χ3v) is 5.51. The van der Waals surface area contributed by atoms with E-state index in [4.69, 9.17) is 14.2 Å². The molecule has 4 rings (SSSR count). The highest BCUT2D eigenvalue weighted by Crippen LogP contribution is 2.37. The van der Waals surface area contributed by atoms with Crippen LogP contribution in [0.15, 0.2) is 72.9 Å². The summed E-state index contributed by atoms with van der Waals surface area (Å²) >= 11 is 0. The molecule has 0 saturated heterocycles. The summed E-state index contributed by atoms with van der Waals surface area (Å²) in [5.74, 6) is 1.51. The molecule has 1 aliphatic rings. The quantitative estimate of drug-likeness (QED) is 0.325. The standard InChI is InChI=1S/C27H29N3O5/c1-2-33-27(32)18-23(20-9-4-3-5-10-20)35-21-12-13-22-24(17-21)34-19-26(31)30(22)16-8-15-29-25-11-6-7-14-28-25/h3-7,9-14,17,23H,2,8,15-16,18-19H2,1H3,(H,28,29). The van der Waals surface area contributed by atoms with E-state index in [-0.39, 0.29) is 24.9 Å². The molecule has 0 spiro atoms. The first-order valence-electron chi connectivity index (χ1n) is 11.7. The number of esters is 1. The first-order chi connectivity index (χ1) is 17.1. The molecule has 1 atom stereocenters. The molecule has 8 nitrogen and oxygen atoms in total. The number of carbonyl (C=O) groups is 2. The predicted molar refractivity (Wildman–Crippen MR) is 133 cm³/mol. The van der Waals surface area contributed by atoms with Crippen molar-refractivity contribution < 1.29 is 23.8 Å². The molecular weight excluding hydrogens is 446 g/mol. The maximum Gasteiger partial charge on any atom is 0.309 e. The van der Waals surface area contributed by atoms with Gasteiger partial charge in [0.1, 0.15) is 23.4 Å². The number of benzene rings is 2. The summed E-state index contributed by atoms with van der Waals surface area (Å²) in [5, 5.41) is 3.26. The lowest BCUT2D eigenvalue weighted by Gasteiger charge is -2.30. The summed E-state index contributed by atoms with van der Waals surface area (Å²) in [7, 11) is 0. The van der Waals surface area contributed by atoms with Gasteiger partial charge in [-0.05, 0) is 43.2 Å². The highest BCUT2D eigenvalue weighted by Gasteiger charge is 2.26. The molecule has 8 heteroatoms. The van der Waals surface area contributed by atoms with E-state index in [1.54, 1.807) is 30.2 Å². The molecule has 1 amide bonds. The highest BCUT2D eigenvalue weighted by molar-refractivity contribution is 5.97. The van der Waals surface area contributed by atoms with E-state index < -0.39 is 6.10 Å². The fraction of sp³-hybridized carbons (Fsp3) is 0.296. The predicted octanol–water partition coefficient (Wildman–Crippen LogP) is 4.38. The Hall–Kier alpha value is -4.07. The molecule has 1 aromatic heterocycles. The van der Waals surface area contributed by atoms with Gasteiger partial charge < -0.3 is 24.4 Å². The van der Waals surface area contributed by atoms with Crippen LogP contribution in [0.25, 0.3) is 0 Å². The Morgan fingerprint density at radius 3 is 2.74 bits per heavy atom. The number of carbonyl (C=O) groups excluding carboxylic acids is 2. The van der Waals surface area contributed by atoms with Crippen molar-refractivity contribution in [2.45, 2.75) is 25.9 Å². The van der Waals surface area contributed by atoms with Gasteiger partial charge in [-0.25, -0.2) is 4.98 Å². The number of hydrogen-bond acceptors (Lipinski definition) is 7. The van der Waals surface area contributed by atoms with E-state index in [0.29, 0.717) is 36.9 Å². The monoisotopic (exact) mass is 475 g/mol. The van der Waals surface area contributed by atoms with Gasteiger partial charge in [-0.1, -0.05) is 36.4 Å². The number of amides is 1. The molecule has 2 heterocycles. The van der Waals surface area contributed by atoms with Crippen molar-refractivity contribution in [1.82, 2.24) is 4.98 Å². The molecule has 35 heavy (non-hydrogen) atoms. The zero-order valence-corrected chi connectivity index (χ0v) is 19.7. The number of pyridine rings is 1. The van der Waals surface area contributed by atoms with Crippen LogP contribution in [0.2, 0.25) is 0 Å². The van der Waals surface area contributed by atoms with Crippen LogP contribution in [0, 0.1) is 0 Å². The molecule has 0 fully saturated rings. The molecule has 3 aromatic rings. The van der Waals surface area contributed by atoms with Gasteiger partial charge in [0.25, 0.3) is 5.91 Å². The van der Waals surface area contributed by atoms with Gasteiger partial charge in [0.2, 0.25) is 0 Å². The smallest absolute Gasteiger partial charge is 0.309 e. The second kappa shape index (κ2) is 11.9. The number of aromatic nitrogens is 1. The van der Waals surface area contributed by atoms with Crippen molar-refractivity contribution in [3.8, 4) is 11.5 Å². The first-order valence-corrected chi connectivity index (χ1v) is 11.7. The van der Waals surface area contributed by atoms with Crippen molar-refractivity contribution in [2.24, 2.45) is 0 Å². The van der Waals surface area contributed by atoms with Crippen LogP contribution in [0.4, 0.5) is 11.5 Å². The summed E-state index contributed by atoms with van der Waals surface area (Å²) in [5.41, 5.74) is 1.57. The lowest BCUT2D eigenvalue weighted by atomic mass is 10.1. The van der Waals surface area contributed by atoms with Crippen LogP contribution in [-0.4, -0.2) is 43.2 Å². The third kappa shape index (κ3) is 6.50. The third-order valence-electron chi connectivity index (χ3n) is 5.51. The second-order valence-corrected chi connectivity index (χ2v) is 7.99. The van der Waals surface area contributed by atoms with E-state index in [2.05, 4.69) is 10.3 Å². The van der Waals surface area contributed by atoms with E-state index in [1.807, 2.05) is 54.6 Å². The Labute approximate surface area is 204 Å². The number of ether oxygens (including phenoxy) is 3. The summed E-state index contributed by atoms with van der Waals surface area (Å²) in [6, 6.07) is 20.6. The van der Waals surface area contributed by atoms with Gasteiger partial charge >= 0.3 is 5.97 Å². The van der Waals surface area contributed by atoms with Crippen LogP contribution in [0.1, 0.15) is 31.4 Å². The minimum atomic E-state index is -0.507. The SMILES string of the molecule is CCOC(=O)CC(Oc1ccc2c(c1)OCC(=O)N2CCCNc1ccccn1)c1ccccc1. The number of fused-ring (bicyclic) bond motifs is 1. The van der Waals surface area contributed by atoms with E-state index in [9.17, 15) is 9.59 Å². The summed E-state index contributed by atoms with van der Waals surface area (Å²) in [4.78, 5) is 30.7. The maximum absolute atomic E-state index is 12.5. The van der Waals surface area contributed by atoms with Gasteiger partial charge in [-0.15, -0.1) is 0 Å². The molecule has 0 aliphatic carbocycles.